The minimum Gasteiger partial charge on any atom is -0.311 e. The third kappa shape index (κ3) is 2.10. The minimum atomic E-state index is -0.0422. The van der Waals surface area contributed by atoms with Crippen LogP contribution in [0.15, 0.2) is 42.9 Å². The van der Waals surface area contributed by atoms with Crippen molar-refractivity contribution >= 4 is 11.6 Å². The normalized spacial score (nSPS) is 21.8. The number of para-hydroxylation sites is 1. The number of hydrogen-bond donors (Lipinski definition) is 0. The molecule has 0 unspecified atom stereocenters. The topological polar surface area (TPSA) is 49.3 Å². The third-order valence-corrected chi connectivity index (χ3v) is 4.29. The number of fused-ring (bicyclic) bond motifs is 1. The Morgan fingerprint density at radius 2 is 2.00 bits per heavy atom. The third-order valence-electron chi connectivity index (χ3n) is 4.29. The van der Waals surface area contributed by atoms with Crippen LogP contribution in [0.2, 0.25) is 0 Å². The van der Waals surface area contributed by atoms with E-state index in [2.05, 4.69) is 14.9 Å². The molecule has 1 saturated heterocycles. The Labute approximate surface area is 123 Å². The number of hydrogen-bond acceptors (Lipinski definition) is 4. The van der Waals surface area contributed by atoms with Gasteiger partial charge in [-0.15, -0.1) is 0 Å². The number of carbonyl (C=O) groups is 1. The number of anilines is 1. The van der Waals surface area contributed by atoms with Crippen LogP contribution >= 0.6 is 0 Å². The first-order chi connectivity index (χ1) is 10.3. The first-order valence-electron chi connectivity index (χ1n) is 7.21. The van der Waals surface area contributed by atoms with Crippen molar-refractivity contribution in [2.75, 3.05) is 11.4 Å². The summed E-state index contributed by atoms with van der Waals surface area (Å²) in [6.07, 6.45) is 4.31. The molecule has 0 N–H and O–H groups in total. The molecular formula is C16H16N4O. The molecule has 3 heterocycles. The second kappa shape index (κ2) is 4.93. The number of benzene rings is 1. The van der Waals surface area contributed by atoms with Gasteiger partial charge in [-0.3, -0.25) is 9.69 Å². The fourth-order valence-corrected chi connectivity index (χ4v) is 3.21. The van der Waals surface area contributed by atoms with Crippen LogP contribution in [0.5, 0.6) is 0 Å². The Morgan fingerprint density at radius 1 is 1.14 bits per heavy atom. The second-order valence-electron chi connectivity index (χ2n) is 5.53. The number of rotatable bonds is 2. The van der Waals surface area contributed by atoms with Crippen molar-refractivity contribution in [2.45, 2.75) is 25.6 Å². The average molecular weight is 280 g/mol. The maximum Gasteiger partial charge on any atom is 0.244 e. The standard InChI is InChI=1S/C16H16N4O/c21-16-15(6-7-20(16)13-4-2-1-3-5-13)19-9-12-8-17-11-18-14(12)10-19/h1-5,8,11,15H,6-7,9-10H2/t15-/m1/s1. The lowest BCUT2D eigenvalue weighted by Gasteiger charge is -2.22. The monoisotopic (exact) mass is 280 g/mol. The van der Waals surface area contributed by atoms with E-state index in [1.165, 1.54) is 0 Å². The van der Waals surface area contributed by atoms with E-state index in [1.807, 2.05) is 41.4 Å². The molecule has 2 aliphatic rings. The fraction of sp³-hybridized carbons (Fsp3) is 0.312. The fourth-order valence-electron chi connectivity index (χ4n) is 3.21. The van der Waals surface area contributed by atoms with Crippen molar-refractivity contribution < 1.29 is 4.79 Å². The van der Waals surface area contributed by atoms with Crippen LogP contribution in [-0.4, -0.2) is 33.4 Å². The van der Waals surface area contributed by atoms with E-state index >= 15 is 0 Å². The molecule has 4 rings (SSSR count). The Balaban J connectivity index is 1.53. The predicted octanol–water partition coefficient (Wildman–Crippen LogP) is 1.60. The minimum absolute atomic E-state index is 0.0422. The Hall–Kier alpha value is -2.27. The molecule has 0 spiro atoms. The molecule has 106 valence electrons. The van der Waals surface area contributed by atoms with Crippen molar-refractivity contribution in [2.24, 2.45) is 0 Å². The van der Waals surface area contributed by atoms with E-state index in [-0.39, 0.29) is 11.9 Å². The first-order valence-corrected chi connectivity index (χ1v) is 7.21. The lowest BCUT2D eigenvalue weighted by Crippen LogP contribution is -2.39. The molecule has 5 nitrogen and oxygen atoms in total. The van der Waals surface area contributed by atoms with E-state index in [4.69, 9.17) is 0 Å². The molecule has 1 amide bonds. The van der Waals surface area contributed by atoms with Gasteiger partial charge in [-0.1, -0.05) is 18.2 Å². The Bertz CT molecular complexity index is 648. The van der Waals surface area contributed by atoms with Crippen LogP contribution < -0.4 is 4.90 Å². The smallest absolute Gasteiger partial charge is 0.244 e. The summed E-state index contributed by atoms with van der Waals surface area (Å²) in [5.41, 5.74) is 3.18. The van der Waals surface area contributed by atoms with Crippen LogP contribution in [0, 0.1) is 0 Å². The van der Waals surface area contributed by atoms with Crippen LogP contribution in [0.3, 0.4) is 0 Å². The largest absolute Gasteiger partial charge is 0.311 e. The lowest BCUT2D eigenvalue weighted by molar-refractivity contribution is -0.121. The molecule has 1 aromatic heterocycles. The summed E-state index contributed by atoms with van der Waals surface area (Å²) >= 11 is 0. The van der Waals surface area contributed by atoms with Gasteiger partial charge in [0, 0.05) is 37.1 Å². The van der Waals surface area contributed by atoms with E-state index < -0.39 is 0 Å². The number of aromatic nitrogens is 2. The van der Waals surface area contributed by atoms with Gasteiger partial charge in [-0.05, 0) is 18.6 Å². The summed E-state index contributed by atoms with van der Waals surface area (Å²) < 4.78 is 0. The van der Waals surface area contributed by atoms with Crippen molar-refractivity contribution in [1.29, 1.82) is 0 Å². The van der Waals surface area contributed by atoms with Crippen molar-refractivity contribution in [1.82, 2.24) is 14.9 Å². The van der Waals surface area contributed by atoms with Gasteiger partial charge in [-0.25, -0.2) is 9.97 Å². The van der Waals surface area contributed by atoms with Gasteiger partial charge in [0.1, 0.15) is 6.33 Å². The highest BCUT2D eigenvalue weighted by atomic mass is 16.2. The molecule has 0 saturated carbocycles. The van der Waals surface area contributed by atoms with Gasteiger partial charge in [0.15, 0.2) is 0 Å². The van der Waals surface area contributed by atoms with Crippen LogP contribution in [0.25, 0.3) is 0 Å². The molecule has 2 aromatic rings. The Kier molecular flexibility index (Phi) is 2.93. The zero-order chi connectivity index (χ0) is 14.2. The first kappa shape index (κ1) is 12.5. The van der Waals surface area contributed by atoms with Gasteiger partial charge < -0.3 is 4.90 Å². The van der Waals surface area contributed by atoms with Gasteiger partial charge in [-0.2, -0.15) is 0 Å². The quantitative estimate of drug-likeness (QED) is 0.838. The van der Waals surface area contributed by atoms with Crippen LogP contribution in [0.4, 0.5) is 5.69 Å². The average Bonchev–Trinajstić information content (AvgIpc) is 3.11. The molecule has 1 aromatic carbocycles. The molecule has 1 atom stereocenters. The summed E-state index contributed by atoms with van der Waals surface area (Å²) in [7, 11) is 0. The molecule has 0 radical (unpaired) electrons. The highest BCUT2D eigenvalue weighted by Crippen LogP contribution is 2.29. The van der Waals surface area contributed by atoms with E-state index in [9.17, 15) is 4.79 Å². The maximum atomic E-state index is 12.7. The molecule has 2 aliphatic heterocycles. The Morgan fingerprint density at radius 3 is 2.81 bits per heavy atom. The van der Waals surface area contributed by atoms with E-state index in [0.29, 0.717) is 0 Å². The van der Waals surface area contributed by atoms with Crippen LogP contribution in [-0.2, 0) is 17.9 Å². The van der Waals surface area contributed by atoms with Crippen LogP contribution in [0.1, 0.15) is 17.7 Å². The highest BCUT2D eigenvalue weighted by molar-refractivity contribution is 5.99. The van der Waals surface area contributed by atoms with Gasteiger partial charge in [0.05, 0.1) is 11.7 Å². The predicted molar refractivity (Wildman–Crippen MR) is 78.5 cm³/mol. The zero-order valence-corrected chi connectivity index (χ0v) is 11.6. The molecule has 5 heteroatoms. The molecule has 21 heavy (non-hydrogen) atoms. The number of amides is 1. The van der Waals surface area contributed by atoms with Crippen molar-refractivity contribution in [3.05, 3.63) is 54.1 Å². The summed E-state index contributed by atoms with van der Waals surface area (Å²) in [5.74, 6) is 0.196. The number of nitrogens with zero attached hydrogens (tertiary/aromatic N) is 4. The highest BCUT2D eigenvalue weighted by Gasteiger charge is 2.39. The SMILES string of the molecule is O=C1[C@H](N2Cc3cncnc3C2)CCN1c1ccccc1. The van der Waals surface area contributed by atoms with Crippen molar-refractivity contribution in [3.63, 3.8) is 0 Å². The molecule has 0 bridgehead atoms. The van der Waals surface area contributed by atoms with Crippen molar-refractivity contribution in [3.8, 4) is 0 Å². The van der Waals surface area contributed by atoms with Gasteiger partial charge in [0.25, 0.3) is 0 Å². The molecule has 0 aliphatic carbocycles. The summed E-state index contributed by atoms with van der Waals surface area (Å²) in [6.45, 7) is 2.30. The zero-order valence-electron chi connectivity index (χ0n) is 11.6. The lowest BCUT2D eigenvalue weighted by atomic mass is 10.2. The van der Waals surface area contributed by atoms with Gasteiger partial charge >= 0.3 is 0 Å². The molecular weight excluding hydrogens is 264 g/mol. The number of carbonyl (C=O) groups excluding carboxylic acids is 1. The van der Waals surface area contributed by atoms with E-state index in [1.54, 1.807) is 6.33 Å². The second-order valence-corrected chi connectivity index (χ2v) is 5.53. The van der Waals surface area contributed by atoms with E-state index in [0.717, 1.165) is 43.0 Å². The maximum absolute atomic E-state index is 12.7. The summed E-state index contributed by atoms with van der Waals surface area (Å²) in [4.78, 5) is 25.2. The summed E-state index contributed by atoms with van der Waals surface area (Å²) in [6, 6.07) is 9.85. The van der Waals surface area contributed by atoms with Gasteiger partial charge in [0.2, 0.25) is 5.91 Å². The molecule has 1 fully saturated rings. The summed E-state index contributed by atoms with van der Waals surface area (Å²) in [5, 5.41) is 0.